The number of aliphatic imine (C=N–C) groups is 1. The molecule has 0 saturated heterocycles. The summed E-state index contributed by atoms with van der Waals surface area (Å²) < 4.78 is 7.34. The molecule has 0 amide bonds. The van der Waals surface area contributed by atoms with E-state index in [1.165, 1.54) is 0 Å². The van der Waals surface area contributed by atoms with Crippen LogP contribution in [0.4, 0.5) is 5.69 Å². The number of ether oxygens (including phenoxy) is 1. The summed E-state index contributed by atoms with van der Waals surface area (Å²) in [6.07, 6.45) is 1.78. The summed E-state index contributed by atoms with van der Waals surface area (Å²) >= 11 is 0. The van der Waals surface area contributed by atoms with Crippen LogP contribution in [0, 0.1) is 19.8 Å². The van der Waals surface area contributed by atoms with E-state index in [2.05, 4.69) is 5.32 Å². The molecule has 0 radical (unpaired) electrons. The summed E-state index contributed by atoms with van der Waals surface area (Å²) in [6.45, 7) is 10.2. The minimum atomic E-state index is -0.860. The smallest absolute Gasteiger partial charge is 0.320 e. The molecule has 0 aliphatic carbocycles. The molecule has 2 rings (SSSR count). The third-order valence-electron chi connectivity index (χ3n) is 4.92. The second-order valence-corrected chi connectivity index (χ2v) is 7.84. The number of carboxylic acid groups (broad SMARTS) is 1. The van der Waals surface area contributed by atoms with Crippen LogP contribution >= 0.6 is 0 Å². The van der Waals surface area contributed by atoms with E-state index in [0.717, 1.165) is 22.5 Å². The van der Waals surface area contributed by atoms with Crippen LogP contribution in [0.25, 0.3) is 0 Å². The van der Waals surface area contributed by atoms with Gasteiger partial charge in [0.2, 0.25) is 0 Å². The van der Waals surface area contributed by atoms with Crippen LogP contribution in [0.2, 0.25) is 0 Å². The molecule has 0 saturated carbocycles. The number of benzene rings is 1. The average Bonchev–Trinajstić information content (AvgIpc) is 2.67. The fourth-order valence-electron chi connectivity index (χ4n) is 3.11. The van der Waals surface area contributed by atoms with Gasteiger partial charge in [-0.25, -0.2) is 0 Å². The predicted molar refractivity (Wildman–Crippen MR) is 119 cm³/mol. The van der Waals surface area contributed by atoms with Gasteiger partial charge in [0.25, 0.3) is 5.56 Å². The van der Waals surface area contributed by atoms with Gasteiger partial charge in [0.1, 0.15) is 18.4 Å². The number of carbonyl (C=O) groups is 1. The average molecular weight is 414 g/mol. The Hall–Kier alpha value is -2.93. The number of rotatable bonds is 9. The Balaban J connectivity index is 2.10. The van der Waals surface area contributed by atoms with Crippen molar-refractivity contribution in [2.45, 2.75) is 40.7 Å². The van der Waals surface area contributed by atoms with E-state index in [1.54, 1.807) is 24.7 Å². The molecule has 1 unspecified atom stereocenters. The first kappa shape index (κ1) is 23.3. The van der Waals surface area contributed by atoms with Gasteiger partial charge < -0.3 is 19.7 Å². The fourth-order valence-corrected chi connectivity index (χ4v) is 3.11. The van der Waals surface area contributed by atoms with Gasteiger partial charge in [0.05, 0.1) is 5.69 Å². The van der Waals surface area contributed by atoms with Gasteiger partial charge in [0.15, 0.2) is 0 Å². The van der Waals surface area contributed by atoms with E-state index in [-0.39, 0.29) is 11.5 Å². The van der Waals surface area contributed by atoms with Crippen molar-refractivity contribution in [1.82, 2.24) is 9.88 Å². The van der Waals surface area contributed by atoms with Crippen LogP contribution in [0.3, 0.4) is 0 Å². The van der Waals surface area contributed by atoms with Gasteiger partial charge in [-0.1, -0.05) is 19.9 Å². The summed E-state index contributed by atoms with van der Waals surface area (Å²) in [7, 11) is 1.73. The van der Waals surface area contributed by atoms with Crippen molar-refractivity contribution in [3.63, 3.8) is 0 Å². The molecule has 2 N–H and O–H groups in total. The quantitative estimate of drug-likeness (QED) is 0.486. The molecule has 1 heterocycles. The van der Waals surface area contributed by atoms with Gasteiger partial charge in [-0.2, -0.15) is 0 Å². The first-order valence-corrected chi connectivity index (χ1v) is 10.0. The van der Waals surface area contributed by atoms with Crippen molar-refractivity contribution < 1.29 is 14.6 Å². The molecular weight excluding hydrogens is 382 g/mol. The highest BCUT2D eigenvalue weighted by atomic mass is 16.5. The second kappa shape index (κ2) is 10.2. The fraction of sp³-hybridized carbons (Fsp3) is 0.435. The molecule has 7 nitrogen and oxygen atoms in total. The molecule has 0 fully saturated rings. The Bertz CT molecular complexity index is 966. The zero-order chi connectivity index (χ0) is 22.4. The molecular formula is C23H31N3O4. The summed E-state index contributed by atoms with van der Waals surface area (Å²) in [6, 6.07) is 6.92. The van der Waals surface area contributed by atoms with Crippen LogP contribution in [-0.4, -0.2) is 40.5 Å². The van der Waals surface area contributed by atoms with Crippen LogP contribution in [0.1, 0.15) is 37.5 Å². The van der Waals surface area contributed by atoms with Crippen molar-refractivity contribution in [3.05, 3.63) is 57.5 Å². The van der Waals surface area contributed by atoms with E-state index in [0.29, 0.717) is 24.5 Å². The Morgan fingerprint density at radius 1 is 1.23 bits per heavy atom. The zero-order valence-corrected chi connectivity index (χ0v) is 18.5. The first-order chi connectivity index (χ1) is 14.1. The molecule has 2 aromatic rings. The minimum absolute atomic E-state index is 0.00749. The van der Waals surface area contributed by atoms with Crippen molar-refractivity contribution in [1.29, 1.82) is 0 Å². The number of aryl methyl sites for hydroxylation is 3. The summed E-state index contributed by atoms with van der Waals surface area (Å²) in [5, 5.41) is 12.2. The van der Waals surface area contributed by atoms with E-state index < -0.39 is 12.0 Å². The number of nitrogens with one attached hydrogen (secondary N) is 1. The predicted octanol–water partition coefficient (Wildman–Crippen LogP) is 3.22. The maximum absolute atomic E-state index is 11.9. The molecule has 7 heteroatoms. The first-order valence-electron chi connectivity index (χ1n) is 10.0. The van der Waals surface area contributed by atoms with Gasteiger partial charge in [-0.3, -0.25) is 14.6 Å². The molecule has 30 heavy (non-hydrogen) atoms. The number of nitrogens with zero attached hydrogens (tertiary/aromatic N) is 2. The van der Waals surface area contributed by atoms with Gasteiger partial charge in [-0.05, 0) is 44.4 Å². The maximum atomic E-state index is 11.9. The molecule has 1 aromatic carbocycles. The molecule has 0 bridgehead atoms. The Morgan fingerprint density at radius 3 is 2.53 bits per heavy atom. The van der Waals surface area contributed by atoms with Gasteiger partial charge in [0, 0.05) is 42.7 Å². The highest BCUT2D eigenvalue weighted by molar-refractivity contribution is 6.00. The normalized spacial score (nSPS) is 12.8. The Morgan fingerprint density at radius 2 is 1.93 bits per heavy atom. The van der Waals surface area contributed by atoms with E-state index in [1.807, 2.05) is 52.0 Å². The largest absolute Gasteiger partial charge is 0.492 e. The zero-order valence-electron chi connectivity index (χ0n) is 18.5. The van der Waals surface area contributed by atoms with Crippen LogP contribution in [0.15, 0.2) is 40.2 Å². The third kappa shape index (κ3) is 6.03. The lowest BCUT2D eigenvalue weighted by Crippen LogP contribution is -2.42. The van der Waals surface area contributed by atoms with Crippen LogP contribution in [-0.2, 0) is 11.8 Å². The number of pyridine rings is 1. The number of aromatic nitrogens is 1. The van der Waals surface area contributed by atoms with Crippen molar-refractivity contribution in [2.24, 2.45) is 18.0 Å². The molecule has 162 valence electrons. The summed E-state index contributed by atoms with van der Waals surface area (Å²) in [5.41, 5.74) is 4.14. The SMILES string of the molecule is C/C(=N\c1cc(OCCNC(C(=O)O)C(C)C)ccc1C)c1cc(C)c(=O)n(C)c1. The molecule has 0 spiro atoms. The van der Waals surface area contributed by atoms with Crippen LogP contribution in [0.5, 0.6) is 5.75 Å². The lowest BCUT2D eigenvalue weighted by molar-refractivity contribution is -0.140. The maximum Gasteiger partial charge on any atom is 0.320 e. The number of aliphatic carboxylic acids is 1. The van der Waals surface area contributed by atoms with E-state index in [4.69, 9.17) is 9.73 Å². The standard InChI is InChI=1S/C23H31N3O4/c1-14(2)21(23(28)29)24-9-10-30-19-8-7-15(3)20(12-19)25-17(5)18-11-16(4)22(27)26(6)13-18/h7-8,11-14,21,24H,9-10H2,1-6H3,(H,28,29)/b25-17+. The van der Waals surface area contributed by atoms with Crippen molar-refractivity contribution >= 4 is 17.4 Å². The van der Waals surface area contributed by atoms with E-state index in [9.17, 15) is 14.7 Å². The molecule has 1 atom stereocenters. The lowest BCUT2D eigenvalue weighted by atomic mass is 10.1. The summed E-state index contributed by atoms with van der Waals surface area (Å²) in [5.74, 6) is -0.199. The van der Waals surface area contributed by atoms with Crippen molar-refractivity contribution in [2.75, 3.05) is 13.2 Å². The second-order valence-electron chi connectivity index (χ2n) is 7.84. The number of carboxylic acids is 1. The molecule has 0 aliphatic heterocycles. The molecule has 0 aliphatic rings. The summed E-state index contributed by atoms with van der Waals surface area (Å²) in [4.78, 5) is 27.9. The monoisotopic (exact) mass is 413 g/mol. The highest BCUT2D eigenvalue weighted by Gasteiger charge is 2.20. The van der Waals surface area contributed by atoms with E-state index >= 15 is 0 Å². The highest BCUT2D eigenvalue weighted by Crippen LogP contribution is 2.25. The van der Waals surface area contributed by atoms with Crippen LogP contribution < -0.4 is 15.6 Å². The van der Waals surface area contributed by atoms with Gasteiger partial charge in [-0.15, -0.1) is 0 Å². The minimum Gasteiger partial charge on any atom is -0.492 e. The number of hydrogen-bond acceptors (Lipinski definition) is 5. The Kier molecular flexibility index (Phi) is 7.94. The van der Waals surface area contributed by atoms with Crippen molar-refractivity contribution in [3.8, 4) is 5.75 Å². The molecule has 1 aromatic heterocycles. The number of hydrogen-bond donors (Lipinski definition) is 2. The third-order valence-corrected chi connectivity index (χ3v) is 4.92. The Labute approximate surface area is 177 Å². The lowest BCUT2D eigenvalue weighted by Gasteiger charge is -2.18. The van der Waals surface area contributed by atoms with Gasteiger partial charge >= 0.3 is 5.97 Å². The topological polar surface area (TPSA) is 92.9 Å².